The second-order valence-electron chi connectivity index (χ2n) is 4.49. The van der Waals surface area contributed by atoms with E-state index in [1.54, 1.807) is 14.0 Å². The van der Waals surface area contributed by atoms with Crippen LogP contribution >= 0.6 is 11.3 Å². The highest BCUT2D eigenvalue weighted by molar-refractivity contribution is 7.19. The summed E-state index contributed by atoms with van der Waals surface area (Å²) in [5.41, 5.74) is 6.41. The van der Waals surface area contributed by atoms with Gasteiger partial charge in [-0.05, 0) is 19.9 Å². The number of nitrogens with one attached hydrogen (secondary N) is 1. The SMILES string of the molecule is CCOC(=O)c1sc(N2CCCNCC2)c(OC)c1N. The van der Waals surface area contributed by atoms with Crippen molar-refractivity contribution in [3.05, 3.63) is 4.88 Å². The van der Waals surface area contributed by atoms with E-state index in [2.05, 4.69) is 10.2 Å². The van der Waals surface area contributed by atoms with Crippen LogP contribution in [0.5, 0.6) is 5.75 Å². The highest BCUT2D eigenvalue weighted by Gasteiger charge is 2.26. The topological polar surface area (TPSA) is 76.8 Å². The Labute approximate surface area is 122 Å². The molecule has 1 aromatic rings. The smallest absolute Gasteiger partial charge is 0.350 e. The lowest BCUT2D eigenvalue weighted by Gasteiger charge is -2.21. The Hall–Kier alpha value is -1.47. The molecular formula is C13H21N3O3S. The molecule has 0 unspecified atom stereocenters. The molecule has 1 fully saturated rings. The minimum atomic E-state index is -0.382. The number of esters is 1. The third-order valence-corrected chi connectivity index (χ3v) is 4.40. The normalized spacial score (nSPS) is 15.8. The summed E-state index contributed by atoms with van der Waals surface area (Å²) in [7, 11) is 1.58. The number of methoxy groups -OCH3 is 1. The van der Waals surface area contributed by atoms with Gasteiger partial charge in [-0.15, -0.1) is 11.3 Å². The van der Waals surface area contributed by atoms with E-state index in [1.807, 2.05) is 0 Å². The van der Waals surface area contributed by atoms with Crippen LogP contribution in [0.4, 0.5) is 10.7 Å². The van der Waals surface area contributed by atoms with E-state index in [9.17, 15) is 4.79 Å². The van der Waals surface area contributed by atoms with Gasteiger partial charge in [0.2, 0.25) is 0 Å². The first-order valence-electron chi connectivity index (χ1n) is 6.78. The number of hydrogen-bond donors (Lipinski definition) is 2. The number of thiophene rings is 1. The number of carbonyl (C=O) groups is 1. The van der Waals surface area contributed by atoms with Gasteiger partial charge in [-0.1, -0.05) is 0 Å². The van der Waals surface area contributed by atoms with Crippen molar-refractivity contribution in [2.45, 2.75) is 13.3 Å². The van der Waals surface area contributed by atoms with Crippen molar-refractivity contribution in [3.63, 3.8) is 0 Å². The number of nitrogens with two attached hydrogens (primary N) is 1. The fourth-order valence-corrected chi connectivity index (χ4v) is 3.35. The van der Waals surface area contributed by atoms with Gasteiger partial charge in [0, 0.05) is 19.6 Å². The fourth-order valence-electron chi connectivity index (χ4n) is 2.22. The number of nitrogens with zero attached hydrogens (tertiary/aromatic N) is 1. The van der Waals surface area contributed by atoms with E-state index in [1.165, 1.54) is 11.3 Å². The summed E-state index contributed by atoms with van der Waals surface area (Å²) in [5.74, 6) is 0.201. The lowest BCUT2D eigenvalue weighted by atomic mass is 10.3. The van der Waals surface area contributed by atoms with Crippen molar-refractivity contribution in [3.8, 4) is 5.75 Å². The van der Waals surface area contributed by atoms with Gasteiger partial charge < -0.3 is 25.4 Å². The van der Waals surface area contributed by atoms with E-state index < -0.39 is 0 Å². The molecule has 0 bridgehead atoms. The average molecular weight is 299 g/mol. The van der Waals surface area contributed by atoms with Crippen LogP contribution in [-0.2, 0) is 4.74 Å². The highest BCUT2D eigenvalue weighted by atomic mass is 32.1. The Balaban J connectivity index is 2.31. The zero-order valence-corrected chi connectivity index (χ0v) is 12.7. The predicted molar refractivity (Wildman–Crippen MR) is 80.9 cm³/mol. The molecule has 20 heavy (non-hydrogen) atoms. The zero-order valence-electron chi connectivity index (χ0n) is 11.9. The molecule has 0 aromatic carbocycles. The van der Waals surface area contributed by atoms with Gasteiger partial charge in [0.25, 0.3) is 0 Å². The molecule has 3 N–H and O–H groups in total. The number of anilines is 2. The first-order chi connectivity index (χ1) is 9.69. The molecule has 1 saturated heterocycles. The van der Waals surface area contributed by atoms with Crippen LogP contribution in [-0.4, -0.2) is 45.9 Å². The Bertz CT molecular complexity index is 468. The molecule has 1 aromatic heterocycles. The van der Waals surface area contributed by atoms with Crippen molar-refractivity contribution in [1.29, 1.82) is 0 Å². The number of hydrogen-bond acceptors (Lipinski definition) is 7. The number of nitrogen functional groups attached to an aromatic ring is 1. The largest absolute Gasteiger partial charge is 0.492 e. The molecule has 6 nitrogen and oxygen atoms in total. The predicted octanol–water partition coefficient (Wildman–Crippen LogP) is 1.32. The second kappa shape index (κ2) is 6.81. The summed E-state index contributed by atoms with van der Waals surface area (Å²) in [6.45, 7) is 5.83. The van der Waals surface area contributed by atoms with E-state index in [4.69, 9.17) is 15.2 Å². The first-order valence-corrected chi connectivity index (χ1v) is 7.59. The maximum atomic E-state index is 11.9. The third kappa shape index (κ3) is 2.99. The lowest BCUT2D eigenvalue weighted by Crippen LogP contribution is -2.27. The quantitative estimate of drug-likeness (QED) is 0.817. The Morgan fingerprint density at radius 2 is 2.25 bits per heavy atom. The Morgan fingerprint density at radius 3 is 2.95 bits per heavy atom. The molecule has 0 amide bonds. The summed E-state index contributed by atoms with van der Waals surface area (Å²) < 4.78 is 10.4. The van der Waals surface area contributed by atoms with E-state index in [0.717, 1.165) is 37.6 Å². The van der Waals surface area contributed by atoms with Crippen LogP contribution in [0.1, 0.15) is 23.0 Å². The standard InChI is InChI=1S/C13H21N3O3S/c1-3-19-13(17)11-9(14)10(18-2)12(20-11)16-7-4-5-15-6-8-16/h15H,3-8,14H2,1-2H3. The summed E-state index contributed by atoms with van der Waals surface area (Å²) in [4.78, 5) is 14.6. The minimum absolute atomic E-state index is 0.335. The highest BCUT2D eigenvalue weighted by Crippen LogP contribution is 2.45. The minimum Gasteiger partial charge on any atom is -0.492 e. The first kappa shape index (κ1) is 14.9. The molecule has 0 spiro atoms. The molecule has 2 rings (SSSR count). The molecule has 1 aliphatic heterocycles. The summed E-state index contributed by atoms with van der Waals surface area (Å²) in [6, 6.07) is 0. The molecule has 0 aliphatic carbocycles. The van der Waals surface area contributed by atoms with Gasteiger partial charge in [-0.25, -0.2) is 4.79 Å². The number of ether oxygens (including phenoxy) is 2. The summed E-state index contributed by atoms with van der Waals surface area (Å²) in [6.07, 6.45) is 1.05. The number of rotatable bonds is 4. The molecule has 112 valence electrons. The van der Waals surface area contributed by atoms with Crippen LogP contribution in [0.25, 0.3) is 0 Å². The molecule has 0 atom stereocenters. The van der Waals surface area contributed by atoms with Gasteiger partial charge >= 0.3 is 5.97 Å². The average Bonchev–Trinajstić information content (AvgIpc) is 2.63. The van der Waals surface area contributed by atoms with Gasteiger partial charge in [0.15, 0.2) is 5.75 Å². The maximum Gasteiger partial charge on any atom is 0.350 e. The Kier molecular flexibility index (Phi) is 5.08. The molecule has 2 heterocycles. The van der Waals surface area contributed by atoms with Crippen molar-refractivity contribution >= 4 is 28.0 Å². The maximum absolute atomic E-state index is 11.9. The van der Waals surface area contributed by atoms with Crippen molar-refractivity contribution in [2.24, 2.45) is 0 Å². The lowest BCUT2D eigenvalue weighted by molar-refractivity contribution is 0.0533. The summed E-state index contributed by atoms with van der Waals surface area (Å²) in [5, 5.41) is 4.26. The molecule has 0 radical (unpaired) electrons. The number of carbonyl (C=O) groups excluding carboxylic acids is 1. The molecule has 1 aliphatic rings. The van der Waals surface area contributed by atoms with Gasteiger partial charge in [0.05, 0.1) is 13.7 Å². The van der Waals surface area contributed by atoms with Crippen LogP contribution < -0.4 is 20.7 Å². The van der Waals surface area contributed by atoms with Gasteiger partial charge in [-0.2, -0.15) is 0 Å². The van der Waals surface area contributed by atoms with Gasteiger partial charge in [0.1, 0.15) is 15.6 Å². The van der Waals surface area contributed by atoms with E-state index in [-0.39, 0.29) is 5.97 Å². The van der Waals surface area contributed by atoms with E-state index in [0.29, 0.717) is 22.9 Å². The van der Waals surface area contributed by atoms with Crippen LogP contribution in [0.15, 0.2) is 0 Å². The van der Waals surface area contributed by atoms with Crippen LogP contribution in [0.3, 0.4) is 0 Å². The van der Waals surface area contributed by atoms with Gasteiger partial charge in [-0.3, -0.25) is 0 Å². The van der Waals surface area contributed by atoms with Crippen LogP contribution in [0.2, 0.25) is 0 Å². The molecule has 7 heteroatoms. The van der Waals surface area contributed by atoms with Crippen molar-refractivity contribution in [2.75, 3.05) is 50.5 Å². The third-order valence-electron chi connectivity index (χ3n) is 3.17. The zero-order chi connectivity index (χ0) is 14.5. The Morgan fingerprint density at radius 1 is 1.45 bits per heavy atom. The van der Waals surface area contributed by atoms with Crippen molar-refractivity contribution in [1.82, 2.24) is 5.32 Å². The van der Waals surface area contributed by atoms with E-state index >= 15 is 0 Å². The fraction of sp³-hybridized carbons (Fsp3) is 0.615. The monoisotopic (exact) mass is 299 g/mol. The van der Waals surface area contributed by atoms with Crippen LogP contribution in [0, 0.1) is 0 Å². The van der Waals surface area contributed by atoms with Crippen molar-refractivity contribution < 1.29 is 14.3 Å². The molecule has 0 saturated carbocycles. The second-order valence-corrected chi connectivity index (χ2v) is 5.49. The molecular weight excluding hydrogens is 278 g/mol. The summed E-state index contributed by atoms with van der Waals surface area (Å²) >= 11 is 1.35.